The summed E-state index contributed by atoms with van der Waals surface area (Å²) in [5.74, 6) is 0. The van der Waals surface area contributed by atoms with Gasteiger partial charge in [0.15, 0.2) is 0 Å². The van der Waals surface area contributed by atoms with E-state index in [9.17, 15) is 4.79 Å². The Labute approximate surface area is 171 Å². The van der Waals surface area contributed by atoms with Crippen LogP contribution in [0.2, 0.25) is 5.02 Å². The topological polar surface area (TPSA) is 38.8 Å². The van der Waals surface area contributed by atoms with Gasteiger partial charge in [-0.3, -0.25) is 4.90 Å². The van der Waals surface area contributed by atoms with Gasteiger partial charge in [0.1, 0.15) is 0 Å². The van der Waals surface area contributed by atoms with E-state index in [1.54, 1.807) is 6.07 Å². The second kappa shape index (κ2) is 8.84. The molecular formula is C22H27ClN4O. The second-order valence-corrected chi connectivity index (χ2v) is 7.92. The Balaban J connectivity index is 1.32. The number of rotatable bonds is 3. The monoisotopic (exact) mass is 398 g/mol. The molecule has 28 heavy (non-hydrogen) atoms. The Morgan fingerprint density at radius 3 is 2.39 bits per heavy atom. The number of carbonyl (C=O) groups is 1. The number of piperidine rings is 1. The normalized spacial score (nSPS) is 20.8. The lowest BCUT2D eigenvalue weighted by Gasteiger charge is -2.43. The molecule has 5 nitrogen and oxygen atoms in total. The molecule has 2 fully saturated rings. The lowest BCUT2D eigenvalue weighted by molar-refractivity contribution is 0.108. The largest absolute Gasteiger partial charge is 0.369 e. The Morgan fingerprint density at radius 1 is 0.929 bits per heavy atom. The number of para-hydroxylation sites is 2. The minimum atomic E-state index is -0.0549. The van der Waals surface area contributed by atoms with Crippen molar-refractivity contribution in [3.8, 4) is 0 Å². The third kappa shape index (κ3) is 4.42. The molecule has 2 saturated heterocycles. The summed E-state index contributed by atoms with van der Waals surface area (Å²) >= 11 is 6.18. The van der Waals surface area contributed by atoms with Crippen LogP contribution in [-0.4, -0.2) is 61.1 Å². The fourth-order valence-corrected chi connectivity index (χ4v) is 4.36. The smallest absolute Gasteiger partial charge is 0.321 e. The second-order valence-electron chi connectivity index (χ2n) is 7.51. The molecule has 2 aliphatic rings. The number of urea groups is 1. The number of carbonyl (C=O) groups excluding carboxylic acids is 1. The molecule has 0 radical (unpaired) electrons. The van der Waals surface area contributed by atoms with E-state index in [0.717, 1.165) is 52.1 Å². The summed E-state index contributed by atoms with van der Waals surface area (Å²) in [6.45, 7) is 5.73. The van der Waals surface area contributed by atoms with Crippen LogP contribution in [0.25, 0.3) is 0 Å². The van der Waals surface area contributed by atoms with Crippen LogP contribution in [0.3, 0.4) is 0 Å². The van der Waals surface area contributed by atoms with Gasteiger partial charge < -0.3 is 15.1 Å². The van der Waals surface area contributed by atoms with Crippen LogP contribution >= 0.6 is 11.6 Å². The molecule has 0 aliphatic carbocycles. The summed E-state index contributed by atoms with van der Waals surface area (Å²) < 4.78 is 0. The summed E-state index contributed by atoms with van der Waals surface area (Å²) in [4.78, 5) is 19.6. The number of hydrogen-bond acceptors (Lipinski definition) is 3. The number of piperazine rings is 1. The van der Waals surface area contributed by atoms with Crippen molar-refractivity contribution in [3.63, 3.8) is 0 Å². The van der Waals surface area contributed by atoms with Crippen molar-refractivity contribution in [2.45, 2.75) is 18.9 Å². The average Bonchev–Trinajstić information content (AvgIpc) is 2.76. The SMILES string of the molecule is O=C(Nc1ccccc1Cl)N1CCC[C@H](N2CCN(c3ccccc3)CC2)C1. The predicted molar refractivity (Wildman–Crippen MR) is 115 cm³/mol. The first-order valence-electron chi connectivity index (χ1n) is 10.1. The molecule has 6 heteroatoms. The molecule has 0 spiro atoms. The average molecular weight is 399 g/mol. The Morgan fingerprint density at radius 2 is 1.64 bits per heavy atom. The van der Waals surface area contributed by atoms with E-state index in [1.807, 2.05) is 23.1 Å². The van der Waals surface area contributed by atoms with Crippen molar-refractivity contribution < 1.29 is 4.79 Å². The summed E-state index contributed by atoms with van der Waals surface area (Å²) in [6.07, 6.45) is 2.20. The molecule has 2 aliphatic heterocycles. The van der Waals surface area contributed by atoms with E-state index < -0.39 is 0 Å². The first kappa shape index (κ1) is 19.1. The molecular weight excluding hydrogens is 372 g/mol. The van der Waals surface area contributed by atoms with Crippen molar-refractivity contribution in [2.75, 3.05) is 49.5 Å². The quantitative estimate of drug-likeness (QED) is 0.843. The molecule has 4 rings (SSSR count). The lowest BCUT2D eigenvalue weighted by Crippen LogP contribution is -2.56. The number of nitrogens with one attached hydrogen (secondary N) is 1. The van der Waals surface area contributed by atoms with Crippen LogP contribution in [0, 0.1) is 0 Å². The minimum absolute atomic E-state index is 0.0549. The van der Waals surface area contributed by atoms with Gasteiger partial charge >= 0.3 is 6.03 Å². The molecule has 0 bridgehead atoms. The van der Waals surface area contributed by atoms with Gasteiger partial charge in [0.05, 0.1) is 10.7 Å². The van der Waals surface area contributed by atoms with E-state index in [2.05, 4.69) is 45.4 Å². The van der Waals surface area contributed by atoms with E-state index in [-0.39, 0.29) is 6.03 Å². The highest BCUT2D eigenvalue weighted by molar-refractivity contribution is 6.33. The van der Waals surface area contributed by atoms with Gasteiger partial charge in [-0.25, -0.2) is 4.79 Å². The summed E-state index contributed by atoms with van der Waals surface area (Å²) in [5.41, 5.74) is 1.97. The maximum Gasteiger partial charge on any atom is 0.321 e. The van der Waals surface area contributed by atoms with Gasteiger partial charge in [-0.15, -0.1) is 0 Å². The zero-order valence-electron chi connectivity index (χ0n) is 16.1. The van der Waals surface area contributed by atoms with E-state index >= 15 is 0 Å². The van der Waals surface area contributed by atoms with Gasteiger partial charge in [-0.05, 0) is 37.1 Å². The van der Waals surface area contributed by atoms with Crippen molar-refractivity contribution in [1.29, 1.82) is 0 Å². The van der Waals surface area contributed by atoms with Crippen LogP contribution in [0.1, 0.15) is 12.8 Å². The number of halogens is 1. The van der Waals surface area contributed by atoms with Crippen LogP contribution in [0.4, 0.5) is 16.2 Å². The molecule has 1 atom stereocenters. The molecule has 2 heterocycles. The van der Waals surface area contributed by atoms with Crippen molar-refractivity contribution in [1.82, 2.24) is 9.80 Å². The molecule has 2 aromatic rings. The molecule has 0 aromatic heterocycles. The zero-order valence-corrected chi connectivity index (χ0v) is 16.8. The van der Waals surface area contributed by atoms with Crippen LogP contribution in [0.15, 0.2) is 54.6 Å². The number of benzene rings is 2. The van der Waals surface area contributed by atoms with E-state index in [0.29, 0.717) is 16.8 Å². The summed E-state index contributed by atoms with van der Waals surface area (Å²) in [5, 5.41) is 3.53. The first-order chi connectivity index (χ1) is 13.7. The summed E-state index contributed by atoms with van der Waals surface area (Å²) in [7, 11) is 0. The lowest BCUT2D eigenvalue weighted by atomic mass is 10.0. The van der Waals surface area contributed by atoms with Crippen molar-refractivity contribution in [2.24, 2.45) is 0 Å². The molecule has 148 valence electrons. The Bertz CT molecular complexity index is 792. The van der Waals surface area contributed by atoms with Crippen LogP contribution in [-0.2, 0) is 0 Å². The van der Waals surface area contributed by atoms with Gasteiger partial charge in [0.25, 0.3) is 0 Å². The number of nitrogens with zero attached hydrogens (tertiary/aromatic N) is 3. The van der Waals surface area contributed by atoms with Gasteiger partial charge in [-0.1, -0.05) is 41.9 Å². The molecule has 0 unspecified atom stereocenters. The Kier molecular flexibility index (Phi) is 6.03. The molecule has 1 N–H and O–H groups in total. The predicted octanol–water partition coefficient (Wildman–Crippen LogP) is 4.16. The summed E-state index contributed by atoms with van der Waals surface area (Å²) in [6, 6.07) is 18.4. The maximum absolute atomic E-state index is 12.7. The number of anilines is 2. The third-order valence-corrected chi connectivity index (χ3v) is 6.08. The highest BCUT2D eigenvalue weighted by Crippen LogP contribution is 2.23. The fourth-order valence-electron chi connectivity index (χ4n) is 4.18. The Hall–Kier alpha value is -2.24. The van der Waals surface area contributed by atoms with E-state index in [4.69, 9.17) is 11.6 Å². The first-order valence-corrected chi connectivity index (χ1v) is 10.4. The van der Waals surface area contributed by atoms with Gasteiger partial charge in [0.2, 0.25) is 0 Å². The highest BCUT2D eigenvalue weighted by atomic mass is 35.5. The third-order valence-electron chi connectivity index (χ3n) is 5.75. The van der Waals surface area contributed by atoms with Crippen molar-refractivity contribution in [3.05, 3.63) is 59.6 Å². The number of likely N-dealkylation sites (tertiary alicyclic amines) is 1. The minimum Gasteiger partial charge on any atom is -0.369 e. The van der Waals surface area contributed by atoms with Crippen molar-refractivity contribution >= 4 is 29.0 Å². The zero-order chi connectivity index (χ0) is 19.3. The fraction of sp³-hybridized carbons (Fsp3) is 0.409. The maximum atomic E-state index is 12.7. The van der Waals surface area contributed by atoms with Crippen LogP contribution in [0.5, 0.6) is 0 Å². The molecule has 2 amide bonds. The molecule has 2 aromatic carbocycles. The van der Waals surface area contributed by atoms with Gasteiger partial charge in [-0.2, -0.15) is 0 Å². The highest BCUT2D eigenvalue weighted by Gasteiger charge is 2.30. The standard InChI is InChI=1S/C22H27ClN4O/c23-20-10-4-5-11-21(20)24-22(28)27-12-6-9-19(17-27)26-15-13-25(14-16-26)18-7-2-1-3-8-18/h1-5,7-8,10-11,19H,6,9,12-17H2,(H,24,28)/t19-/m0/s1. The van der Waals surface area contributed by atoms with Crippen LogP contribution < -0.4 is 10.2 Å². The van der Waals surface area contributed by atoms with E-state index in [1.165, 1.54) is 5.69 Å². The number of hydrogen-bond donors (Lipinski definition) is 1. The molecule has 0 saturated carbocycles. The number of amides is 2. The van der Waals surface area contributed by atoms with Gasteiger partial charge in [0, 0.05) is 51.0 Å².